The number of H-pyrrole nitrogens is 1. The fourth-order valence-corrected chi connectivity index (χ4v) is 5.95. The van der Waals surface area contributed by atoms with Gasteiger partial charge in [-0.05, 0) is 80.6 Å². The summed E-state index contributed by atoms with van der Waals surface area (Å²) in [5.41, 5.74) is 3.29. The summed E-state index contributed by atoms with van der Waals surface area (Å²) >= 11 is 0. The number of fused-ring (bicyclic) bond motifs is 2. The molecule has 182 valence electrons. The van der Waals surface area contributed by atoms with Gasteiger partial charge in [-0.25, -0.2) is 4.99 Å². The lowest BCUT2D eigenvalue weighted by Crippen LogP contribution is -2.47. The number of hydrogen-bond acceptors (Lipinski definition) is 5. The van der Waals surface area contributed by atoms with Crippen LogP contribution in [0.2, 0.25) is 0 Å². The molecular weight excluding hydrogens is 440 g/mol. The molecule has 2 aliphatic rings. The number of anilines is 1. The minimum atomic E-state index is 0.0647. The van der Waals surface area contributed by atoms with Gasteiger partial charge in [-0.1, -0.05) is 12.1 Å². The molecule has 8 nitrogen and oxygen atoms in total. The first-order valence-corrected chi connectivity index (χ1v) is 12.1. The summed E-state index contributed by atoms with van der Waals surface area (Å²) in [4.78, 5) is 10.6. The maximum absolute atomic E-state index is 9.34. The molecule has 1 aliphatic carbocycles. The van der Waals surface area contributed by atoms with Crippen LogP contribution in [0.25, 0.3) is 10.9 Å². The molecule has 1 saturated carbocycles. The number of ether oxygens (including phenoxy) is 2. The van der Waals surface area contributed by atoms with E-state index in [9.17, 15) is 5.26 Å². The zero-order valence-electron chi connectivity index (χ0n) is 20.5. The fraction of sp³-hybridized carbons (Fsp3) is 0.407. The molecule has 0 bridgehead atoms. The molecule has 3 aromatic rings. The van der Waals surface area contributed by atoms with Crippen molar-refractivity contribution >= 4 is 22.5 Å². The number of rotatable bonds is 5. The SMILES string of the molecule is COc1ccc(C23CCC(N=C(NC#N)Nc4ccc5cc[nH]c5c4)CC2N(C)CC3)cc1OC. The highest BCUT2D eigenvalue weighted by molar-refractivity contribution is 5.96. The van der Waals surface area contributed by atoms with Crippen LogP contribution in [0.5, 0.6) is 11.5 Å². The van der Waals surface area contributed by atoms with E-state index in [-0.39, 0.29) is 11.5 Å². The third-order valence-electron chi connectivity index (χ3n) is 7.76. The molecule has 1 saturated heterocycles. The monoisotopic (exact) mass is 472 g/mol. The topological polar surface area (TPSA) is 97.7 Å². The number of likely N-dealkylation sites (N-methyl/N-ethyl adjacent to an activating group) is 1. The molecule has 3 N–H and O–H groups in total. The van der Waals surface area contributed by atoms with E-state index in [1.54, 1.807) is 14.2 Å². The van der Waals surface area contributed by atoms with E-state index >= 15 is 0 Å². The van der Waals surface area contributed by atoms with Crippen LogP contribution in [0.15, 0.2) is 53.7 Å². The van der Waals surface area contributed by atoms with Crippen LogP contribution in [-0.4, -0.2) is 55.7 Å². The molecule has 1 aliphatic heterocycles. The summed E-state index contributed by atoms with van der Waals surface area (Å²) in [5.74, 6) is 2.02. The zero-order valence-corrected chi connectivity index (χ0v) is 20.5. The number of aromatic nitrogens is 1. The number of guanidine groups is 1. The van der Waals surface area contributed by atoms with E-state index in [4.69, 9.17) is 14.5 Å². The Balaban J connectivity index is 1.38. The maximum Gasteiger partial charge on any atom is 0.209 e. The molecule has 3 unspecified atom stereocenters. The van der Waals surface area contributed by atoms with Gasteiger partial charge in [0, 0.05) is 28.9 Å². The smallest absolute Gasteiger partial charge is 0.209 e. The third kappa shape index (κ3) is 4.28. The van der Waals surface area contributed by atoms with E-state index in [0.717, 1.165) is 60.3 Å². The summed E-state index contributed by atoms with van der Waals surface area (Å²) in [5, 5.41) is 16.5. The normalized spacial score (nSPS) is 24.6. The van der Waals surface area contributed by atoms with E-state index in [0.29, 0.717) is 12.0 Å². The Morgan fingerprint density at radius 3 is 2.80 bits per heavy atom. The van der Waals surface area contributed by atoms with Gasteiger partial charge in [0.1, 0.15) is 0 Å². The molecule has 35 heavy (non-hydrogen) atoms. The number of aromatic amines is 1. The average molecular weight is 473 g/mol. The maximum atomic E-state index is 9.34. The summed E-state index contributed by atoms with van der Waals surface area (Å²) in [6, 6.07) is 14.9. The molecule has 3 atom stereocenters. The second kappa shape index (κ2) is 9.51. The first-order chi connectivity index (χ1) is 17.1. The van der Waals surface area contributed by atoms with Crippen molar-refractivity contribution in [3.8, 4) is 17.7 Å². The van der Waals surface area contributed by atoms with E-state index in [2.05, 4.69) is 39.7 Å². The van der Waals surface area contributed by atoms with Gasteiger partial charge in [0.2, 0.25) is 5.96 Å². The van der Waals surface area contributed by atoms with Crippen LogP contribution < -0.4 is 20.1 Å². The third-order valence-corrected chi connectivity index (χ3v) is 7.76. The van der Waals surface area contributed by atoms with Gasteiger partial charge in [0.05, 0.1) is 20.3 Å². The van der Waals surface area contributed by atoms with Crippen LogP contribution in [-0.2, 0) is 5.41 Å². The van der Waals surface area contributed by atoms with Crippen molar-refractivity contribution in [1.29, 1.82) is 5.26 Å². The number of nitriles is 1. The second-order valence-electron chi connectivity index (χ2n) is 9.52. The van der Waals surface area contributed by atoms with Crippen molar-refractivity contribution in [3.05, 3.63) is 54.2 Å². The number of methoxy groups -OCH3 is 2. The van der Waals surface area contributed by atoms with Gasteiger partial charge in [-0.15, -0.1) is 0 Å². The molecule has 0 spiro atoms. The van der Waals surface area contributed by atoms with Crippen LogP contribution in [0, 0.1) is 11.5 Å². The second-order valence-corrected chi connectivity index (χ2v) is 9.52. The highest BCUT2D eigenvalue weighted by atomic mass is 16.5. The van der Waals surface area contributed by atoms with E-state index in [1.165, 1.54) is 5.56 Å². The standard InChI is InChI=1S/C27H32N6O2/c1-33-13-11-27(19-5-7-23(34-2)24(14-19)35-3)10-8-21(16-25(27)33)32-26(30-17-28)31-20-6-4-18-9-12-29-22(18)15-20/h4-7,9,12,14-15,21,25,29H,8,10-11,13,16H2,1-3H3,(H2,30,31,32). The Morgan fingerprint density at radius 1 is 1.14 bits per heavy atom. The van der Waals surface area contributed by atoms with Gasteiger partial charge in [-0.2, -0.15) is 5.26 Å². The first-order valence-electron chi connectivity index (χ1n) is 12.1. The largest absolute Gasteiger partial charge is 0.493 e. The highest BCUT2D eigenvalue weighted by Gasteiger charge is 2.50. The molecule has 2 heterocycles. The van der Waals surface area contributed by atoms with Crippen molar-refractivity contribution in [1.82, 2.24) is 15.2 Å². The number of nitrogens with zero attached hydrogens (tertiary/aromatic N) is 3. The van der Waals surface area contributed by atoms with Gasteiger partial charge < -0.3 is 24.7 Å². The Hall–Kier alpha value is -3.70. The average Bonchev–Trinajstić information content (AvgIpc) is 3.48. The molecule has 1 aromatic heterocycles. The quantitative estimate of drug-likeness (QED) is 0.223. The van der Waals surface area contributed by atoms with Gasteiger partial charge in [-0.3, -0.25) is 5.32 Å². The lowest BCUT2D eigenvalue weighted by molar-refractivity contribution is 0.168. The Kier molecular flexibility index (Phi) is 6.27. The molecule has 2 fully saturated rings. The number of aliphatic imine (C=N–C) groups is 1. The van der Waals surface area contributed by atoms with Crippen molar-refractivity contribution in [2.24, 2.45) is 4.99 Å². The molecule has 0 radical (unpaired) electrons. The Bertz CT molecular complexity index is 1280. The molecule has 5 rings (SSSR count). The van der Waals surface area contributed by atoms with Crippen LogP contribution in [0.1, 0.15) is 31.2 Å². The van der Waals surface area contributed by atoms with Gasteiger partial charge in [0.15, 0.2) is 17.7 Å². The van der Waals surface area contributed by atoms with Crippen molar-refractivity contribution in [2.75, 3.05) is 33.1 Å². The van der Waals surface area contributed by atoms with Crippen LogP contribution >= 0.6 is 0 Å². The zero-order chi connectivity index (χ0) is 24.4. The fourth-order valence-electron chi connectivity index (χ4n) is 5.95. The lowest BCUT2D eigenvalue weighted by atomic mass is 9.65. The van der Waals surface area contributed by atoms with Crippen molar-refractivity contribution < 1.29 is 9.47 Å². The number of hydrogen-bond donors (Lipinski definition) is 3. The number of benzene rings is 2. The van der Waals surface area contributed by atoms with E-state index < -0.39 is 0 Å². The summed E-state index contributed by atoms with van der Waals surface area (Å²) in [6.07, 6.45) is 7.97. The highest BCUT2D eigenvalue weighted by Crippen LogP contribution is 2.50. The summed E-state index contributed by atoms with van der Waals surface area (Å²) < 4.78 is 11.1. The van der Waals surface area contributed by atoms with Crippen LogP contribution in [0.4, 0.5) is 5.69 Å². The van der Waals surface area contributed by atoms with Gasteiger partial charge >= 0.3 is 0 Å². The predicted molar refractivity (Wildman–Crippen MR) is 138 cm³/mol. The predicted octanol–water partition coefficient (Wildman–Crippen LogP) is 4.22. The van der Waals surface area contributed by atoms with Crippen LogP contribution in [0.3, 0.4) is 0 Å². The summed E-state index contributed by atoms with van der Waals surface area (Å²) in [7, 11) is 5.56. The van der Waals surface area contributed by atoms with E-state index in [1.807, 2.05) is 42.7 Å². The molecule has 0 amide bonds. The first kappa shape index (κ1) is 23.1. The molecular formula is C27H32N6O2. The number of nitrogens with one attached hydrogen (secondary N) is 3. The molecule has 2 aromatic carbocycles. The minimum absolute atomic E-state index is 0.0647. The Morgan fingerprint density at radius 2 is 2.00 bits per heavy atom. The number of likely N-dealkylation sites (tertiary alicyclic amines) is 1. The Labute approximate surface area is 205 Å². The van der Waals surface area contributed by atoms with Gasteiger partial charge in [0.25, 0.3) is 0 Å². The minimum Gasteiger partial charge on any atom is -0.493 e. The van der Waals surface area contributed by atoms with Crippen molar-refractivity contribution in [3.63, 3.8) is 0 Å². The summed E-state index contributed by atoms with van der Waals surface area (Å²) in [6.45, 7) is 1.05. The van der Waals surface area contributed by atoms with Crippen molar-refractivity contribution in [2.45, 2.75) is 43.2 Å². The lowest BCUT2D eigenvalue weighted by Gasteiger charge is -2.44. The molecule has 8 heteroatoms.